The lowest BCUT2D eigenvalue weighted by Gasteiger charge is -2.33. The van der Waals surface area contributed by atoms with E-state index in [4.69, 9.17) is 16.6 Å². The van der Waals surface area contributed by atoms with Crippen LogP contribution in [0.2, 0.25) is 5.02 Å². The summed E-state index contributed by atoms with van der Waals surface area (Å²) < 4.78 is 1.22. The van der Waals surface area contributed by atoms with Gasteiger partial charge in [0.15, 0.2) is 0 Å². The van der Waals surface area contributed by atoms with Gasteiger partial charge in [0, 0.05) is 11.6 Å². The summed E-state index contributed by atoms with van der Waals surface area (Å²) >= 11 is 7.67. The number of hydrogen-bond acceptors (Lipinski definition) is 4. The normalized spacial score (nSPS) is 17.7. The molecule has 0 spiro atoms. The number of amides is 1. The van der Waals surface area contributed by atoms with E-state index in [1.54, 1.807) is 11.3 Å². The highest BCUT2D eigenvalue weighted by Gasteiger charge is 2.28. The molecular formula is C22H24ClN3OS. The van der Waals surface area contributed by atoms with Gasteiger partial charge in [-0.2, -0.15) is 0 Å². The van der Waals surface area contributed by atoms with Gasteiger partial charge < -0.3 is 5.32 Å². The van der Waals surface area contributed by atoms with Gasteiger partial charge in [-0.15, -0.1) is 11.3 Å². The van der Waals surface area contributed by atoms with Crippen LogP contribution in [0.3, 0.4) is 0 Å². The van der Waals surface area contributed by atoms with Crippen molar-refractivity contribution in [3.8, 4) is 0 Å². The lowest BCUT2D eigenvalue weighted by Crippen LogP contribution is -2.42. The zero-order valence-electron chi connectivity index (χ0n) is 15.7. The van der Waals surface area contributed by atoms with Crippen molar-refractivity contribution in [2.24, 2.45) is 0 Å². The zero-order chi connectivity index (χ0) is 19.3. The molecule has 4 rings (SSSR count). The maximum absolute atomic E-state index is 12.5. The minimum Gasteiger partial charge on any atom is -0.355 e. The predicted octanol–water partition coefficient (Wildman–Crippen LogP) is 4.84. The fraction of sp³-hybridized carbons (Fsp3) is 0.364. The van der Waals surface area contributed by atoms with Gasteiger partial charge in [-0.3, -0.25) is 9.69 Å². The largest absolute Gasteiger partial charge is 0.355 e. The van der Waals surface area contributed by atoms with E-state index in [-0.39, 0.29) is 11.9 Å². The van der Waals surface area contributed by atoms with Gasteiger partial charge in [0.25, 0.3) is 0 Å². The van der Waals surface area contributed by atoms with E-state index in [1.807, 2.05) is 30.3 Å². The Morgan fingerprint density at radius 1 is 1.18 bits per heavy atom. The Morgan fingerprint density at radius 3 is 2.82 bits per heavy atom. The number of para-hydroxylation sites is 1. The number of rotatable bonds is 6. The molecule has 1 atom stereocenters. The molecule has 3 aromatic rings. The van der Waals surface area contributed by atoms with Crippen LogP contribution >= 0.6 is 22.9 Å². The molecule has 1 aliphatic rings. The van der Waals surface area contributed by atoms with Crippen molar-refractivity contribution in [3.63, 3.8) is 0 Å². The highest BCUT2D eigenvalue weighted by Crippen LogP contribution is 2.35. The first kappa shape index (κ1) is 19.4. The topological polar surface area (TPSA) is 45.2 Å². The number of likely N-dealkylation sites (tertiary alicyclic amines) is 1. The first-order valence-electron chi connectivity index (χ1n) is 9.80. The molecule has 0 saturated carbocycles. The van der Waals surface area contributed by atoms with Crippen molar-refractivity contribution in [2.75, 3.05) is 19.6 Å². The number of aromatic nitrogens is 1. The molecule has 2 aromatic carbocycles. The molecule has 1 saturated heterocycles. The van der Waals surface area contributed by atoms with E-state index in [1.165, 1.54) is 16.7 Å². The second kappa shape index (κ2) is 9.03. The summed E-state index contributed by atoms with van der Waals surface area (Å²) in [5.74, 6) is 0.0852. The number of fused-ring (bicyclic) bond motifs is 1. The molecule has 6 heteroatoms. The number of carbonyl (C=O) groups excluding carboxylic acids is 1. The number of nitrogens with zero attached hydrogens (tertiary/aromatic N) is 2. The molecule has 146 valence electrons. The molecule has 0 radical (unpaired) electrons. The molecule has 1 N–H and O–H groups in total. The first-order chi connectivity index (χ1) is 13.7. The number of piperidine rings is 1. The Labute approximate surface area is 174 Å². The van der Waals surface area contributed by atoms with Crippen LogP contribution < -0.4 is 5.32 Å². The number of thiazole rings is 1. The standard InChI is InChI=1S/C22H24ClN3OS/c23-17-10-8-16(9-11-17)12-13-24-21(27)15-26-14-4-3-6-19(26)22-25-18-5-1-2-7-20(18)28-22/h1-2,5,7-11,19H,3-4,6,12-15H2,(H,24,27)/t19-/m0/s1. The molecular weight excluding hydrogens is 390 g/mol. The summed E-state index contributed by atoms with van der Waals surface area (Å²) in [6, 6.07) is 16.3. The van der Waals surface area contributed by atoms with Crippen molar-refractivity contribution < 1.29 is 4.79 Å². The van der Waals surface area contributed by atoms with Gasteiger partial charge in [0.1, 0.15) is 5.01 Å². The first-order valence-corrected chi connectivity index (χ1v) is 11.0. The maximum Gasteiger partial charge on any atom is 0.234 e. The van der Waals surface area contributed by atoms with E-state index in [9.17, 15) is 4.79 Å². The van der Waals surface area contributed by atoms with Crippen LogP contribution in [-0.4, -0.2) is 35.4 Å². The summed E-state index contributed by atoms with van der Waals surface area (Å²) in [7, 11) is 0. The lowest BCUT2D eigenvalue weighted by molar-refractivity contribution is -0.123. The van der Waals surface area contributed by atoms with Gasteiger partial charge in [-0.05, 0) is 55.6 Å². The number of halogens is 1. The Morgan fingerprint density at radius 2 is 2.00 bits per heavy atom. The van der Waals surface area contributed by atoms with Crippen LogP contribution in [0.25, 0.3) is 10.2 Å². The van der Waals surface area contributed by atoms with Crippen molar-refractivity contribution in [1.82, 2.24) is 15.2 Å². The number of nitrogens with one attached hydrogen (secondary N) is 1. The van der Waals surface area contributed by atoms with Crippen LogP contribution in [-0.2, 0) is 11.2 Å². The van der Waals surface area contributed by atoms with Gasteiger partial charge in [0.2, 0.25) is 5.91 Å². The zero-order valence-corrected chi connectivity index (χ0v) is 17.3. The molecule has 0 bridgehead atoms. The molecule has 4 nitrogen and oxygen atoms in total. The van der Waals surface area contributed by atoms with Crippen LogP contribution in [0.1, 0.15) is 35.9 Å². The highest BCUT2D eigenvalue weighted by molar-refractivity contribution is 7.18. The van der Waals surface area contributed by atoms with Crippen molar-refractivity contribution in [3.05, 3.63) is 64.1 Å². The third-order valence-corrected chi connectivity index (χ3v) is 6.59. The Balaban J connectivity index is 1.35. The third kappa shape index (κ3) is 4.72. The van der Waals surface area contributed by atoms with Crippen LogP contribution in [0.5, 0.6) is 0 Å². The van der Waals surface area contributed by atoms with Gasteiger partial charge in [-0.1, -0.05) is 42.3 Å². The van der Waals surface area contributed by atoms with Crippen molar-refractivity contribution in [1.29, 1.82) is 0 Å². The van der Waals surface area contributed by atoms with E-state index >= 15 is 0 Å². The minimum absolute atomic E-state index is 0.0852. The van der Waals surface area contributed by atoms with Crippen molar-refractivity contribution in [2.45, 2.75) is 31.7 Å². The molecule has 1 aliphatic heterocycles. The van der Waals surface area contributed by atoms with Gasteiger partial charge in [0.05, 0.1) is 22.8 Å². The summed E-state index contributed by atoms with van der Waals surface area (Å²) in [6.07, 6.45) is 4.21. The van der Waals surface area contributed by atoms with Crippen LogP contribution in [0, 0.1) is 0 Å². The van der Waals surface area contributed by atoms with E-state index in [2.05, 4.69) is 28.4 Å². The van der Waals surface area contributed by atoms with Crippen LogP contribution in [0.15, 0.2) is 48.5 Å². The Bertz CT molecular complexity index is 907. The summed E-state index contributed by atoms with van der Waals surface area (Å²) in [6.45, 7) is 2.02. The molecule has 28 heavy (non-hydrogen) atoms. The molecule has 0 aliphatic carbocycles. The molecule has 2 heterocycles. The molecule has 1 amide bonds. The Hall–Kier alpha value is -1.95. The van der Waals surface area contributed by atoms with Gasteiger partial charge in [-0.25, -0.2) is 4.98 Å². The fourth-order valence-corrected chi connectivity index (χ4v) is 4.99. The van der Waals surface area contributed by atoms with E-state index in [0.717, 1.165) is 41.4 Å². The average molecular weight is 414 g/mol. The number of hydrogen-bond donors (Lipinski definition) is 1. The monoisotopic (exact) mass is 413 g/mol. The predicted molar refractivity (Wildman–Crippen MR) is 116 cm³/mol. The second-order valence-corrected chi connectivity index (χ2v) is 8.73. The van der Waals surface area contributed by atoms with E-state index in [0.29, 0.717) is 13.1 Å². The molecule has 0 unspecified atom stereocenters. The smallest absolute Gasteiger partial charge is 0.234 e. The SMILES string of the molecule is O=C(CN1CCCC[C@H]1c1nc2ccccc2s1)NCCc1ccc(Cl)cc1. The van der Waals surface area contributed by atoms with Crippen LogP contribution in [0.4, 0.5) is 0 Å². The van der Waals surface area contributed by atoms with Gasteiger partial charge >= 0.3 is 0 Å². The number of benzene rings is 2. The third-order valence-electron chi connectivity index (χ3n) is 5.20. The molecule has 1 fully saturated rings. The van der Waals surface area contributed by atoms with Crippen molar-refractivity contribution >= 4 is 39.1 Å². The average Bonchev–Trinajstić information content (AvgIpc) is 3.14. The number of carbonyl (C=O) groups is 1. The summed E-state index contributed by atoms with van der Waals surface area (Å²) in [5, 5.41) is 4.93. The minimum atomic E-state index is 0.0852. The summed E-state index contributed by atoms with van der Waals surface area (Å²) in [5.41, 5.74) is 2.23. The summed E-state index contributed by atoms with van der Waals surface area (Å²) in [4.78, 5) is 19.6. The molecule has 1 aromatic heterocycles. The Kier molecular flexibility index (Phi) is 6.25. The lowest BCUT2D eigenvalue weighted by atomic mass is 10.0. The highest BCUT2D eigenvalue weighted by atomic mass is 35.5. The maximum atomic E-state index is 12.5. The quantitative estimate of drug-likeness (QED) is 0.629. The second-order valence-electron chi connectivity index (χ2n) is 7.23. The fourth-order valence-electron chi connectivity index (χ4n) is 3.73. The van der Waals surface area contributed by atoms with E-state index < -0.39 is 0 Å².